The van der Waals surface area contributed by atoms with Gasteiger partial charge in [-0.15, -0.1) is 0 Å². The Kier molecular flexibility index (Phi) is 6.20. The van der Waals surface area contributed by atoms with Crippen molar-refractivity contribution in [3.8, 4) is 5.75 Å². The van der Waals surface area contributed by atoms with Crippen LogP contribution < -0.4 is 10.2 Å². The molecule has 4 nitrogen and oxygen atoms in total. The first-order valence-corrected chi connectivity index (χ1v) is 10.3. The molecule has 0 aromatic heterocycles. The van der Waals surface area contributed by atoms with Gasteiger partial charge in [-0.1, -0.05) is 70.5 Å². The zero-order valence-electron chi connectivity index (χ0n) is 16.1. The first-order chi connectivity index (χ1) is 14.7. The molecule has 0 saturated heterocycles. The summed E-state index contributed by atoms with van der Waals surface area (Å²) < 4.78 is 6.85. The van der Waals surface area contributed by atoms with Crippen molar-refractivity contribution in [3.05, 3.63) is 112 Å². The first kappa shape index (κ1) is 19.9. The summed E-state index contributed by atoms with van der Waals surface area (Å²) in [7, 11) is 0. The van der Waals surface area contributed by atoms with Gasteiger partial charge in [-0.3, -0.25) is 4.79 Å². The zero-order chi connectivity index (χ0) is 20.8. The molecule has 4 aromatic carbocycles. The van der Waals surface area contributed by atoms with Crippen molar-refractivity contribution in [3.63, 3.8) is 0 Å². The number of nitrogens with one attached hydrogen (secondary N) is 1. The number of hydrogen-bond acceptors (Lipinski definition) is 3. The third-order valence-electron chi connectivity index (χ3n) is 4.57. The van der Waals surface area contributed by atoms with Crippen LogP contribution in [-0.4, -0.2) is 12.1 Å². The van der Waals surface area contributed by atoms with E-state index in [0.29, 0.717) is 12.2 Å². The molecule has 0 atom stereocenters. The Labute approximate surface area is 183 Å². The number of carbonyl (C=O) groups is 1. The van der Waals surface area contributed by atoms with Crippen molar-refractivity contribution in [2.75, 3.05) is 0 Å². The number of amides is 1. The van der Waals surface area contributed by atoms with Gasteiger partial charge in [-0.05, 0) is 58.3 Å². The summed E-state index contributed by atoms with van der Waals surface area (Å²) in [5, 5.41) is 6.34. The molecule has 0 saturated carbocycles. The maximum absolute atomic E-state index is 12.3. The van der Waals surface area contributed by atoms with E-state index in [1.165, 1.54) is 5.39 Å². The maximum Gasteiger partial charge on any atom is 0.271 e. The number of hydrazone groups is 1. The highest BCUT2D eigenvalue weighted by atomic mass is 79.9. The van der Waals surface area contributed by atoms with E-state index < -0.39 is 0 Å². The lowest BCUT2D eigenvalue weighted by Gasteiger charge is -2.08. The highest BCUT2D eigenvalue weighted by Gasteiger charge is 2.05. The summed E-state index contributed by atoms with van der Waals surface area (Å²) in [4.78, 5) is 12.3. The van der Waals surface area contributed by atoms with E-state index in [9.17, 15) is 4.79 Å². The van der Waals surface area contributed by atoms with Gasteiger partial charge in [0.1, 0.15) is 12.4 Å². The summed E-state index contributed by atoms with van der Waals surface area (Å²) >= 11 is 3.41. The molecule has 4 aromatic rings. The van der Waals surface area contributed by atoms with Crippen LogP contribution in [0.25, 0.3) is 10.8 Å². The van der Waals surface area contributed by atoms with E-state index in [0.717, 1.165) is 26.7 Å². The standard InChI is InChI=1S/C25H19BrN2O2/c26-23-7-3-4-19(14-23)16-27-28-25(29)21-10-8-18(9-11-21)17-30-24-13-12-20-5-1-2-6-22(20)15-24/h1-16H,17H2,(H,28,29). The van der Waals surface area contributed by atoms with E-state index >= 15 is 0 Å². The van der Waals surface area contributed by atoms with Crippen LogP contribution in [0.3, 0.4) is 0 Å². The lowest BCUT2D eigenvalue weighted by molar-refractivity contribution is 0.0955. The molecule has 1 N–H and O–H groups in total. The fraction of sp³-hybridized carbons (Fsp3) is 0.0400. The van der Waals surface area contributed by atoms with Gasteiger partial charge in [0.05, 0.1) is 6.21 Å². The molecule has 0 spiro atoms. The summed E-state index contributed by atoms with van der Waals surface area (Å²) in [5.41, 5.74) is 4.96. The van der Waals surface area contributed by atoms with Gasteiger partial charge in [0.25, 0.3) is 5.91 Å². The van der Waals surface area contributed by atoms with Crippen LogP contribution in [0.5, 0.6) is 5.75 Å². The predicted octanol–water partition coefficient (Wildman–Crippen LogP) is 5.95. The number of ether oxygens (including phenoxy) is 1. The van der Waals surface area contributed by atoms with Crippen molar-refractivity contribution in [2.45, 2.75) is 6.61 Å². The quantitative estimate of drug-likeness (QED) is 0.286. The second-order valence-electron chi connectivity index (χ2n) is 6.75. The van der Waals surface area contributed by atoms with Gasteiger partial charge in [0, 0.05) is 10.0 Å². The van der Waals surface area contributed by atoms with Crippen molar-refractivity contribution >= 4 is 38.8 Å². The van der Waals surface area contributed by atoms with Gasteiger partial charge in [0.2, 0.25) is 0 Å². The Hall–Kier alpha value is -3.44. The Bertz CT molecular complexity index is 1200. The SMILES string of the molecule is O=C(NN=Cc1cccc(Br)c1)c1ccc(COc2ccc3ccccc3c2)cc1. The number of carbonyl (C=O) groups excluding carboxylic acids is 1. The van der Waals surface area contributed by atoms with Crippen LogP contribution in [0.15, 0.2) is 101 Å². The third kappa shape index (κ3) is 5.13. The lowest BCUT2D eigenvalue weighted by atomic mass is 10.1. The van der Waals surface area contributed by atoms with Gasteiger partial charge < -0.3 is 4.74 Å². The second kappa shape index (κ2) is 9.37. The predicted molar refractivity (Wildman–Crippen MR) is 124 cm³/mol. The van der Waals surface area contributed by atoms with Gasteiger partial charge >= 0.3 is 0 Å². The molecule has 0 radical (unpaired) electrons. The van der Waals surface area contributed by atoms with Crippen molar-refractivity contribution in [1.82, 2.24) is 5.43 Å². The molecule has 0 aliphatic heterocycles. The van der Waals surface area contributed by atoms with Gasteiger partial charge in [-0.2, -0.15) is 5.10 Å². The Morgan fingerprint density at radius 2 is 1.70 bits per heavy atom. The van der Waals surface area contributed by atoms with Crippen LogP contribution in [0.2, 0.25) is 0 Å². The normalized spacial score (nSPS) is 11.0. The van der Waals surface area contributed by atoms with E-state index in [1.807, 2.05) is 66.7 Å². The summed E-state index contributed by atoms with van der Waals surface area (Å²) in [5.74, 6) is 0.556. The Morgan fingerprint density at radius 1 is 0.900 bits per heavy atom. The molecular weight excluding hydrogens is 440 g/mol. The van der Waals surface area contributed by atoms with Crippen molar-refractivity contribution < 1.29 is 9.53 Å². The lowest BCUT2D eigenvalue weighted by Crippen LogP contribution is -2.17. The summed E-state index contributed by atoms with van der Waals surface area (Å²) in [6, 6.07) is 29.2. The largest absolute Gasteiger partial charge is 0.489 e. The molecule has 5 heteroatoms. The molecule has 0 fully saturated rings. The highest BCUT2D eigenvalue weighted by molar-refractivity contribution is 9.10. The third-order valence-corrected chi connectivity index (χ3v) is 5.06. The smallest absolute Gasteiger partial charge is 0.271 e. The number of fused-ring (bicyclic) bond motifs is 1. The molecule has 0 aliphatic rings. The fourth-order valence-corrected chi connectivity index (χ4v) is 3.41. The summed E-state index contributed by atoms with van der Waals surface area (Å²) in [6.07, 6.45) is 1.61. The van der Waals surface area contributed by atoms with Crippen LogP contribution in [0.4, 0.5) is 0 Å². The number of nitrogens with zero attached hydrogens (tertiary/aromatic N) is 1. The van der Waals surface area contributed by atoms with Crippen LogP contribution in [0.1, 0.15) is 21.5 Å². The minimum Gasteiger partial charge on any atom is -0.489 e. The topological polar surface area (TPSA) is 50.7 Å². The number of rotatable bonds is 6. The molecule has 4 rings (SSSR count). The van der Waals surface area contributed by atoms with E-state index in [2.05, 4.69) is 38.6 Å². The summed E-state index contributed by atoms with van der Waals surface area (Å²) in [6.45, 7) is 0.432. The average molecular weight is 459 g/mol. The first-order valence-electron chi connectivity index (χ1n) is 9.47. The molecule has 148 valence electrons. The van der Waals surface area contributed by atoms with Crippen LogP contribution >= 0.6 is 15.9 Å². The molecule has 1 amide bonds. The molecule has 0 aliphatic carbocycles. The van der Waals surface area contributed by atoms with E-state index in [-0.39, 0.29) is 5.91 Å². The fourth-order valence-electron chi connectivity index (χ4n) is 2.99. The van der Waals surface area contributed by atoms with E-state index in [1.54, 1.807) is 18.3 Å². The molecule has 0 bridgehead atoms. The molecule has 0 heterocycles. The monoisotopic (exact) mass is 458 g/mol. The maximum atomic E-state index is 12.3. The number of halogens is 1. The number of hydrogen-bond donors (Lipinski definition) is 1. The molecular formula is C25H19BrN2O2. The Balaban J connectivity index is 1.33. The van der Waals surface area contributed by atoms with Crippen LogP contribution in [-0.2, 0) is 6.61 Å². The van der Waals surface area contributed by atoms with Gasteiger partial charge in [-0.25, -0.2) is 5.43 Å². The highest BCUT2D eigenvalue weighted by Crippen LogP contribution is 2.21. The Morgan fingerprint density at radius 3 is 2.50 bits per heavy atom. The average Bonchev–Trinajstić information content (AvgIpc) is 2.78. The minimum atomic E-state index is -0.261. The second-order valence-corrected chi connectivity index (χ2v) is 7.66. The van der Waals surface area contributed by atoms with E-state index in [4.69, 9.17) is 4.74 Å². The van der Waals surface area contributed by atoms with Gasteiger partial charge in [0.15, 0.2) is 0 Å². The zero-order valence-corrected chi connectivity index (χ0v) is 17.7. The van der Waals surface area contributed by atoms with Crippen LogP contribution in [0, 0.1) is 0 Å². The van der Waals surface area contributed by atoms with Crippen molar-refractivity contribution in [2.24, 2.45) is 5.10 Å². The molecule has 0 unspecified atom stereocenters. The van der Waals surface area contributed by atoms with Crippen molar-refractivity contribution in [1.29, 1.82) is 0 Å². The number of benzene rings is 4. The molecule has 30 heavy (non-hydrogen) atoms. The minimum absolute atomic E-state index is 0.261.